The molecule has 1 aromatic carbocycles. The average Bonchev–Trinajstić information content (AvgIpc) is 2.69. The lowest BCUT2D eigenvalue weighted by atomic mass is 10.2. The number of hydrogen-bond donors (Lipinski definition) is 0. The van der Waals surface area contributed by atoms with Gasteiger partial charge in [0.15, 0.2) is 0 Å². The second kappa shape index (κ2) is 6.33. The lowest BCUT2D eigenvalue weighted by Gasteiger charge is -2.06. The number of nitriles is 1. The molecule has 0 spiro atoms. The maximum Gasteiger partial charge on any atom is 0.387 e. The molecule has 2 aromatic rings. The Bertz CT molecular complexity index is 862. The van der Waals surface area contributed by atoms with Crippen molar-refractivity contribution in [2.45, 2.75) is 6.61 Å². The lowest BCUT2D eigenvalue weighted by molar-refractivity contribution is -0.0499. The largest absolute Gasteiger partial charge is 0.434 e. The second-order valence-electron chi connectivity index (χ2n) is 4.00. The molecule has 108 valence electrons. The van der Waals surface area contributed by atoms with E-state index in [9.17, 15) is 13.6 Å². The first kappa shape index (κ1) is 14.9. The van der Waals surface area contributed by atoms with Crippen LogP contribution >= 0.6 is 11.3 Å². The zero-order chi connectivity index (χ0) is 15.4. The number of alkyl halides is 2. The Morgan fingerprint density at radius 2 is 2.14 bits per heavy atom. The van der Waals surface area contributed by atoms with Crippen molar-refractivity contribution in [2.24, 2.45) is 7.05 Å². The maximum atomic E-state index is 12.3. The highest BCUT2D eigenvalue weighted by Crippen LogP contribution is 2.20. The van der Waals surface area contributed by atoms with Crippen LogP contribution in [0.1, 0.15) is 5.56 Å². The molecule has 0 aliphatic rings. The summed E-state index contributed by atoms with van der Waals surface area (Å²) in [7, 11) is 1.54. The van der Waals surface area contributed by atoms with Gasteiger partial charge in [-0.3, -0.25) is 4.79 Å². The smallest absolute Gasteiger partial charge is 0.387 e. The molecular weight excluding hydrogens is 298 g/mol. The monoisotopic (exact) mass is 308 g/mol. The van der Waals surface area contributed by atoms with Gasteiger partial charge in [-0.05, 0) is 12.1 Å². The van der Waals surface area contributed by atoms with E-state index in [4.69, 9.17) is 5.26 Å². The first-order valence-electron chi connectivity index (χ1n) is 5.84. The highest BCUT2D eigenvalue weighted by molar-refractivity contribution is 7.07. The summed E-state index contributed by atoms with van der Waals surface area (Å²) in [6, 6.07) is 8.05. The van der Waals surface area contributed by atoms with Gasteiger partial charge >= 0.3 is 6.61 Å². The number of benzene rings is 1. The van der Waals surface area contributed by atoms with Gasteiger partial charge < -0.3 is 9.30 Å². The Kier molecular flexibility index (Phi) is 4.50. The molecular formula is C14H10F2N2O2S. The summed E-state index contributed by atoms with van der Waals surface area (Å²) in [5.74, 6) is -0.00577. The molecule has 0 aliphatic heterocycles. The molecule has 0 saturated heterocycles. The van der Waals surface area contributed by atoms with E-state index in [1.54, 1.807) is 25.2 Å². The van der Waals surface area contributed by atoms with Crippen LogP contribution in [0.25, 0.3) is 12.2 Å². The summed E-state index contributed by atoms with van der Waals surface area (Å²) >= 11 is 1.11. The van der Waals surface area contributed by atoms with Crippen LogP contribution in [-0.2, 0) is 7.05 Å². The summed E-state index contributed by atoms with van der Waals surface area (Å²) < 4.78 is 31.3. The van der Waals surface area contributed by atoms with E-state index in [1.807, 2.05) is 6.07 Å². The Hall–Kier alpha value is -2.46. The molecule has 1 aromatic heterocycles. The van der Waals surface area contributed by atoms with Crippen molar-refractivity contribution in [3.63, 3.8) is 0 Å². The van der Waals surface area contributed by atoms with Crippen LogP contribution in [0.5, 0.6) is 5.75 Å². The summed E-state index contributed by atoms with van der Waals surface area (Å²) in [6.07, 6.45) is 2.73. The van der Waals surface area contributed by atoms with Gasteiger partial charge in [-0.2, -0.15) is 14.0 Å². The number of rotatable bonds is 3. The normalized spacial score (nSPS) is 12.7. The molecule has 0 saturated carbocycles. The lowest BCUT2D eigenvalue weighted by Crippen LogP contribution is -2.28. The zero-order valence-corrected chi connectivity index (χ0v) is 11.7. The van der Waals surface area contributed by atoms with Crippen molar-refractivity contribution < 1.29 is 13.5 Å². The number of para-hydroxylation sites is 1. The van der Waals surface area contributed by atoms with Crippen molar-refractivity contribution in [3.05, 3.63) is 49.4 Å². The number of thiazole rings is 1. The van der Waals surface area contributed by atoms with E-state index < -0.39 is 6.61 Å². The van der Waals surface area contributed by atoms with E-state index in [1.165, 1.54) is 22.8 Å². The molecule has 7 heteroatoms. The quantitative estimate of drug-likeness (QED) is 0.855. The molecule has 1 heterocycles. The minimum Gasteiger partial charge on any atom is -0.434 e. The van der Waals surface area contributed by atoms with Gasteiger partial charge in [-0.1, -0.05) is 18.2 Å². The molecule has 0 amide bonds. The van der Waals surface area contributed by atoms with Crippen LogP contribution in [-0.4, -0.2) is 11.2 Å². The number of nitrogens with zero attached hydrogens (tertiary/aromatic N) is 2. The summed E-state index contributed by atoms with van der Waals surface area (Å²) in [4.78, 5) is 12.0. The van der Waals surface area contributed by atoms with E-state index in [0.29, 0.717) is 14.8 Å². The molecule has 0 unspecified atom stereocenters. The first-order valence-corrected chi connectivity index (χ1v) is 6.66. The molecule has 0 N–H and O–H groups in total. The highest BCUT2D eigenvalue weighted by Gasteiger charge is 2.08. The van der Waals surface area contributed by atoms with Gasteiger partial charge in [0, 0.05) is 18.7 Å². The van der Waals surface area contributed by atoms with Crippen LogP contribution < -0.4 is 19.5 Å². The highest BCUT2D eigenvalue weighted by atomic mass is 32.1. The van der Waals surface area contributed by atoms with Crippen molar-refractivity contribution in [3.8, 4) is 11.8 Å². The third-order valence-electron chi connectivity index (χ3n) is 2.67. The van der Waals surface area contributed by atoms with Crippen molar-refractivity contribution in [1.82, 2.24) is 4.57 Å². The van der Waals surface area contributed by atoms with E-state index in [2.05, 4.69) is 4.74 Å². The molecule has 0 fully saturated rings. The molecule has 0 bridgehead atoms. The third kappa shape index (κ3) is 3.35. The van der Waals surface area contributed by atoms with Gasteiger partial charge in [-0.25, -0.2) is 0 Å². The number of aromatic nitrogens is 1. The fourth-order valence-electron chi connectivity index (χ4n) is 1.71. The van der Waals surface area contributed by atoms with Crippen molar-refractivity contribution in [2.75, 3.05) is 0 Å². The molecule has 4 nitrogen and oxygen atoms in total. The predicted molar refractivity (Wildman–Crippen MR) is 75.5 cm³/mol. The van der Waals surface area contributed by atoms with E-state index in [0.717, 1.165) is 11.3 Å². The summed E-state index contributed by atoms with van der Waals surface area (Å²) in [5.41, 5.74) is 0.0774. The number of ether oxygens (including phenoxy) is 1. The fraction of sp³-hybridized carbons (Fsp3) is 0.143. The fourth-order valence-corrected chi connectivity index (χ4v) is 2.67. The Balaban J connectivity index is 2.61. The van der Waals surface area contributed by atoms with Crippen LogP contribution in [0.4, 0.5) is 8.78 Å². The Labute approximate surface area is 122 Å². The molecule has 2 rings (SSSR count). The van der Waals surface area contributed by atoms with Gasteiger partial charge in [0.1, 0.15) is 10.4 Å². The van der Waals surface area contributed by atoms with Crippen LogP contribution in [0.15, 0.2) is 29.1 Å². The van der Waals surface area contributed by atoms with Gasteiger partial charge in [0.05, 0.1) is 10.6 Å². The SMILES string of the molecule is Cn1c(=O)/c(=C\c2ccccc2OC(F)F)s/c1=C\C#N. The minimum atomic E-state index is -2.94. The second-order valence-corrected chi connectivity index (χ2v) is 5.07. The molecule has 21 heavy (non-hydrogen) atoms. The van der Waals surface area contributed by atoms with Crippen molar-refractivity contribution >= 4 is 23.5 Å². The van der Waals surface area contributed by atoms with Crippen LogP contribution in [0, 0.1) is 11.3 Å². The maximum absolute atomic E-state index is 12.3. The van der Waals surface area contributed by atoms with E-state index in [-0.39, 0.29) is 11.3 Å². The van der Waals surface area contributed by atoms with Crippen LogP contribution in [0.3, 0.4) is 0 Å². The number of hydrogen-bond acceptors (Lipinski definition) is 4. The third-order valence-corrected chi connectivity index (χ3v) is 3.78. The number of halogens is 2. The molecule has 0 atom stereocenters. The first-order chi connectivity index (χ1) is 10.0. The summed E-state index contributed by atoms with van der Waals surface area (Å²) in [6.45, 7) is -2.94. The average molecular weight is 308 g/mol. The van der Waals surface area contributed by atoms with Gasteiger partial charge in [0.2, 0.25) is 0 Å². The zero-order valence-electron chi connectivity index (χ0n) is 10.9. The predicted octanol–water partition coefficient (Wildman–Crippen LogP) is 1.18. The Morgan fingerprint density at radius 1 is 1.43 bits per heavy atom. The standard InChI is InChI=1S/C14H10F2N2O2S/c1-18-12(6-7-17)21-11(13(18)19)8-9-4-2-3-5-10(9)20-14(15)16/h2-6,8,14H,1H3/b11-8+,12-6-. The molecule has 0 aliphatic carbocycles. The van der Waals surface area contributed by atoms with E-state index >= 15 is 0 Å². The topological polar surface area (TPSA) is 55.0 Å². The van der Waals surface area contributed by atoms with Crippen molar-refractivity contribution in [1.29, 1.82) is 5.26 Å². The minimum absolute atomic E-state index is 0.00577. The van der Waals surface area contributed by atoms with Gasteiger partial charge in [0.25, 0.3) is 5.56 Å². The summed E-state index contributed by atoms with van der Waals surface area (Å²) in [5, 5.41) is 8.65. The van der Waals surface area contributed by atoms with Crippen LogP contribution in [0.2, 0.25) is 0 Å². The molecule has 0 radical (unpaired) electrons. The van der Waals surface area contributed by atoms with Gasteiger partial charge in [-0.15, -0.1) is 11.3 Å². The Morgan fingerprint density at radius 3 is 2.81 bits per heavy atom.